The van der Waals surface area contributed by atoms with Crippen LogP contribution in [0.5, 0.6) is 5.75 Å². The number of nitro groups is 1. The van der Waals surface area contributed by atoms with Crippen molar-refractivity contribution in [3.63, 3.8) is 0 Å². The van der Waals surface area contributed by atoms with Crippen molar-refractivity contribution in [1.82, 2.24) is 15.6 Å². The number of hydrogen-bond donors (Lipinski definition) is 4. The van der Waals surface area contributed by atoms with E-state index in [-0.39, 0.29) is 18.8 Å². The third-order valence-electron chi connectivity index (χ3n) is 4.98. The zero-order valence-corrected chi connectivity index (χ0v) is 18.3. The van der Waals surface area contributed by atoms with Crippen molar-refractivity contribution in [1.29, 1.82) is 0 Å². The molecular formula is C23H29N5O4. The minimum absolute atomic E-state index is 0.00773. The highest BCUT2D eigenvalue weighted by molar-refractivity contribution is 5.86. The average molecular weight is 440 g/mol. The number of H-pyrrole nitrogens is 1. The lowest BCUT2D eigenvalue weighted by Gasteiger charge is -2.14. The lowest BCUT2D eigenvalue weighted by Crippen LogP contribution is -2.39. The molecule has 0 aliphatic carbocycles. The van der Waals surface area contributed by atoms with Crippen LogP contribution in [-0.4, -0.2) is 53.3 Å². The second-order valence-electron chi connectivity index (χ2n) is 7.42. The van der Waals surface area contributed by atoms with E-state index in [1.54, 1.807) is 0 Å². The highest BCUT2D eigenvalue weighted by Gasteiger charge is 2.09. The fraction of sp³-hybridized carbons (Fsp3) is 0.348. The summed E-state index contributed by atoms with van der Waals surface area (Å²) in [7, 11) is 0. The average Bonchev–Trinajstić information content (AvgIpc) is 3.20. The van der Waals surface area contributed by atoms with Crippen LogP contribution in [0.4, 0.5) is 5.69 Å². The van der Waals surface area contributed by atoms with Gasteiger partial charge in [-0.1, -0.05) is 12.1 Å². The van der Waals surface area contributed by atoms with Gasteiger partial charge in [0, 0.05) is 42.3 Å². The molecule has 9 nitrogen and oxygen atoms in total. The smallest absolute Gasteiger partial charge is 0.269 e. The molecule has 1 atom stereocenters. The van der Waals surface area contributed by atoms with Gasteiger partial charge >= 0.3 is 0 Å². The molecule has 1 unspecified atom stereocenters. The summed E-state index contributed by atoms with van der Waals surface area (Å²) in [6.07, 6.45) is 2.07. The molecule has 0 saturated carbocycles. The van der Waals surface area contributed by atoms with Crippen LogP contribution in [0.25, 0.3) is 10.9 Å². The summed E-state index contributed by atoms with van der Waals surface area (Å²) in [5, 5.41) is 28.6. The maximum Gasteiger partial charge on any atom is 0.269 e. The Labute approximate surface area is 186 Å². The van der Waals surface area contributed by atoms with Gasteiger partial charge in [-0.3, -0.25) is 15.1 Å². The molecule has 0 fully saturated rings. The molecule has 0 bridgehead atoms. The first-order valence-corrected chi connectivity index (χ1v) is 10.6. The molecule has 1 heterocycles. The molecule has 2 aromatic carbocycles. The first-order valence-electron chi connectivity index (χ1n) is 10.6. The fourth-order valence-corrected chi connectivity index (χ4v) is 3.41. The van der Waals surface area contributed by atoms with E-state index in [2.05, 4.69) is 39.7 Å². The van der Waals surface area contributed by atoms with Gasteiger partial charge in [-0.2, -0.15) is 0 Å². The number of aliphatic hydroxyl groups excluding tert-OH is 1. The van der Waals surface area contributed by atoms with Crippen molar-refractivity contribution >= 4 is 22.5 Å². The molecule has 3 aromatic rings. The molecule has 0 amide bonds. The monoisotopic (exact) mass is 439 g/mol. The Balaban J connectivity index is 1.48. The number of aryl methyl sites for hydroxylation is 1. The number of nitro benzene ring substituents is 1. The lowest BCUT2D eigenvalue weighted by molar-refractivity contribution is -0.384. The van der Waals surface area contributed by atoms with Gasteiger partial charge in [-0.15, -0.1) is 0 Å². The molecule has 3 rings (SSSR count). The van der Waals surface area contributed by atoms with Gasteiger partial charge < -0.3 is 25.5 Å². The minimum Gasteiger partial charge on any atom is -0.491 e. The van der Waals surface area contributed by atoms with Crippen molar-refractivity contribution in [2.24, 2.45) is 4.99 Å². The molecule has 0 aliphatic heterocycles. The summed E-state index contributed by atoms with van der Waals surface area (Å²) >= 11 is 0. The number of non-ortho nitro benzene ring substituents is 1. The SMILES string of the molecule is CCNC(=NCC(O)COc1ccc([N+](=O)[O-])cc1)NCCc1c[nH]c2cccc(C)c12. The van der Waals surface area contributed by atoms with E-state index >= 15 is 0 Å². The number of aliphatic imine (C=N–C) groups is 1. The molecule has 0 saturated heterocycles. The standard InChI is InChI=1S/C23H29N5O4/c1-3-24-23(25-12-11-17-13-26-21-6-4-5-16(2)22(17)21)27-14-19(29)15-32-20-9-7-18(8-10-20)28(30)31/h4-10,13,19,26,29H,3,11-12,14-15H2,1-2H3,(H2,24,25,27). The third-order valence-corrected chi connectivity index (χ3v) is 4.98. The Morgan fingerprint density at radius 3 is 2.75 bits per heavy atom. The van der Waals surface area contributed by atoms with E-state index < -0.39 is 11.0 Å². The largest absolute Gasteiger partial charge is 0.491 e. The second-order valence-corrected chi connectivity index (χ2v) is 7.42. The van der Waals surface area contributed by atoms with Crippen LogP contribution in [-0.2, 0) is 6.42 Å². The van der Waals surface area contributed by atoms with Gasteiger partial charge in [0.15, 0.2) is 5.96 Å². The van der Waals surface area contributed by atoms with Crippen LogP contribution in [0.1, 0.15) is 18.1 Å². The van der Waals surface area contributed by atoms with E-state index in [0.29, 0.717) is 24.8 Å². The molecule has 0 radical (unpaired) electrons. The van der Waals surface area contributed by atoms with Gasteiger partial charge in [0.25, 0.3) is 5.69 Å². The second kappa shape index (κ2) is 11.1. The molecule has 4 N–H and O–H groups in total. The molecule has 0 aliphatic rings. The van der Waals surface area contributed by atoms with Crippen molar-refractivity contribution < 1.29 is 14.8 Å². The van der Waals surface area contributed by atoms with E-state index in [0.717, 1.165) is 11.9 Å². The molecule has 32 heavy (non-hydrogen) atoms. The molecule has 170 valence electrons. The number of aromatic amines is 1. The van der Waals surface area contributed by atoms with Gasteiger partial charge in [-0.05, 0) is 49.6 Å². The zero-order valence-electron chi connectivity index (χ0n) is 18.3. The van der Waals surface area contributed by atoms with Gasteiger partial charge in [-0.25, -0.2) is 0 Å². The van der Waals surface area contributed by atoms with Crippen LogP contribution in [0.2, 0.25) is 0 Å². The van der Waals surface area contributed by atoms with Gasteiger partial charge in [0.1, 0.15) is 18.5 Å². The van der Waals surface area contributed by atoms with Crippen LogP contribution in [0.15, 0.2) is 53.7 Å². The highest BCUT2D eigenvalue weighted by atomic mass is 16.6. The summed E-state index contributed by atoms with van der Waals surface area (Å²) in [5.74, 6) is 1.08. The normalized spacial score (nSPS) is 12.5. The Bertz CT molecular complexity index is 1060. The van der Waals surface area contributed by atoms with Crippen LogP contribution >= 0.6 is 0 Å². The Morgan fingerprint density at radius 1 is 1.25 bits per heavy atom. The number of rotatable bonds is 10. The predicted octanol–water partition coefficient (Wildman–Crippen LogP) is 2.92. The molecule has 0 spiro atoms. The number of aromatic nitrogens is 1. The number of hydrogen-bond acceptors (Lipinski definition) is 5. The summed E-state index contributed by atoms with van der Waals surface area (Å²) in [6, 6.07) is 12.0. The van der Waals surface area contributed by atoms with Crippen molar-refractivity contribution in [2.45, 2.75) is 26.4 Å². The summed E-state index contributed by atoms with van der Waals surface area (Å²) in [4.78, 5) is 18.0. The van der Waals surface area contributed by atoms with Crippen LogP contribution in [0.3, 0.4) is 0 Å². The van der Waals surface area contributed by atoms with Gasteiger partial charge in [0.2, 0.25) is 0 Å². The zero-order chi connectivity index (χ0) is 22.9. The number of ether oxygens (including phenoxy) is 1. The number of benzene rings is 2. The highest BCUT2D eigenvalue weighted by Crippen LogP contribution is 2.22. The topological polar surface area (TPSA) is 125 Å². The van der Waals surface area contributed by atoms with Crippen molar-refractivity contribution in [2.75, 3.05) is 26.2 Å². The predicted molar refractivity (Wildman–Crippen MR) is 125 cm³/mol. The van der Waals surface area contributed by atoms with Crippen LogP contribution in [0, 0.1) is 17.0 Å². The van der Waals surface area contributed by atoms with Crippen molar-refractivity contribution in [3.8, 4) is 5.75 Å². The maximum absolute atomic E-state index is 10.7. The first kappa shape index (κ1) is 23.1. The Morgan fingerprint density at radius 2 is 2.03 bits per heavy atom. The lowest BCUT2D eigenvalue weighted by atomic mass is 10.1. The maximum atomic E-state index is 10.7. The summed E-state index contributed by atoms with van der Waals surface area (Å²) in [5.41, 5.74) is 3.62. The number of nitrogens with one attached hydrogen (secondary N) is 3. The number of nitrogens with zero attached hydrogens (tertiary/aromatic N) is 2. The Kier molecular flexibility index (Phi) is 8.04. The van der Waals surface area contributed by atoms with E-state index in [1.807, 2.05) is 19.2 Å². The van der Waals surface area contributed by atoms with E-state index in [9.17, 15) is 15.2 Å². The fourth-order valence-electron chi connectivity index (χ4n) is 3.41. The summed E-state index contributed by atoms with van der Waals surface area (Å²) < 4.78 is 5.49. The third kappa shape index (κ3) is 6.21. The van der Waals surface area contributed by atoms with Gasteiger partial charge in [0.05, 0.1) is 11.5 Å². The quantitative estimate of drug-likeness (QED) is 0.167. The molecule has 9 heteroatoms. The molecule has 1 aromatic heterocycles. The number of guanidine groups is 1. The summed E-state index contributed by atoms with van der Waals surface area (Å²) in [6.45, 7) is 5.69. The minimum atomic E-state index is -0.808. The van der Waals surface area contributed by atoms with E-state index in [4.69, 9.17) is 4.74 Å². The number of fused-ring (bicyclic) bond motifs is 1. The Hall–Kier alpha value is -3.59. The first-order chi connectivity index (χ1) is 15.5. The molecular weight excluding hydrogens is 410 g/mol. The van der Waals surface area contributed by atoms with Crippen LogP contribution < -0.4 is 15.4 Å². The number of aliphatic hydroxyl groups is 1. The van der Waals surface area contributed by atoms with E-state index in [1.165, 1.54) is 40.8 Å². The van der Waals surface area contributed by atoms with Crippen molar-refractivity contribution in [3.05, 3.63) is 69.9 Å².